The quantitative estimate of drug-likeness (QED) is 0.918. The fraction of sp³-hybridized carbons (Fsp3) is 0.381. The van der Waals surface area contributed by atoms with Gasteiger partial charge in [-0.3, -0.25) is 4.99 Å². The lowest BCUT2D eigenvalue weighted by molar-refractivity contribution is -0.0276. The molecule has 2 fully saturated rings. The molecule has 0 aromatic heterocycles. The van der Waals surface area contributed by atoms with Crippen LogP contribution in [0.4, 0.5) is 0 Å². The van der Waals surface area contributed by atoms with Gasteiger partial charge in [0.1, 0.15) is 5.60 Å². The van der Waals surface area contributed by atoms with Crippen molar-refractivity contribution >= 4 is 5.96 Å². The zero-order chi connectivity index (χ0) is 16.9. The van der Waals surface area contributed by atoms with Crippen molar-refractivity contribution in [2.75, 3.05) is 26.2 Å². The molecule has 2 aromatic carbocycles. The predicted octanol–water partition coefficient (Wildman–Crippen LogP) is 2.69. The highest BCUT2D eigenvalue weighted by molar-refractivity contribution is 5.84. The molecule has 3 aliphatic heterocycles. The Kier molecular flexibility index (Phi) is 3.35. The number of fused-ring (bicyclic) bond motifs is 3. The third-order valence-corrected chi connectivity index (χ3v) is 5.89. The molecule has 4 nitrogen and oxygen atoms in total. The van der Waals surface area contributed by atoms with Gasteiger partial charge in [-0.05, 0) is 29.5 Å². The SMILES string of the molecule is O[C@]1(c2ccc(-c3ccccc3)cc2)CCC2CN3CCN=C3N2C1. The van der Waals surface area contributed by atoms with Crippen LogP contribution in [-0.4, -0.2) is 53.1 Å². The van der Waals surface area contributed by atoms with Crippen molar-refractivity contribution in [2.45, 2.75) is 24.5 Å². The summed E-state index contributed by atoms with van der Waals surface area (Å²) in [6.07, 6.45) is 1.84. The highest BCUT2D eigenvalue weighted by Gasteiger charge is 2.46. The summed E-state index contributed by atoms with van der Waals surface area (Å²) >= 11 is 0. The van der Waals surface area contributed by atoms with Crippen LogP contribution in [0, 0.1) is 0 Å². The Hall–Kier alpha value is -2.33. The monoisotopic (exact) mass is 333 g/mol. The van der Waals surface area contributed by atoms with Gasteiger partial charge in [-0.1, -0.05) is 54.6 Å². The molecule has 0 saturated carbocycles. The lowest BCUT2D eigenvalue weighted by Crippen LogP contribution is -2.50. The van der Waals surface area contributed by atoms with E-state index >= 15 is 0 Å². The Bertz CT molecular complexity index is 802. The minimum atomic E-state index is -0.785. The van der Waals surface area contributed by atoms with Crippen molar-refractivity contribution in [2.24, 2.45) is 4.99 Å². The number of nitrogens with zero attached hydrogens (tertiary/aromatic N) is 3. The van der Waals surface area contributed by atoms with E-state index in [4.69, 9.17) is 0 Å². The summed E-state index contributed by atoms with van der Waals surface area (Å²) in [6, 6.07) is 19.3. The lowest BCUT2D eigenvalue weighted by atomic mass is 9.83. The molecule has 2 saturated heterocycles. The topological polar surface area (TPSA) is 39.1 Å². The van der Waals surface area contributed by atoms with E-state index in [1.165, 1.54) is 11.1 Å². The second-order valence-corrected chi connectivity index (χ2v) is 7.42. The Morgan fingerprint density at radius 1 is 1.00 bits per heavy atom. The third kappa shape index (κ3) is 2.44. The van der Waals surface area contributed by atoms with Gasteiger partial charge >= 0.3 is 0 Å². The van der Waals surface area contributed by atoms with E-state index in [1.54, 1.807) is 0 Å². The van der Waals surface area contributed by atoms with Crippen LogP contribution < -0.4 is 0 Å². The highest BCUT2D eigenvalue weighted by atomic mass is 16.3. The second-order valence-electron chi connectivity index (χ2n) is 7.42. The van der Waals surface area contributed by atoms with E-state index in [0.717, 1.165) is 44.0 Å². The van der Waals surface area contributed by atoms with Crippen molar-refractivity contribution in [3.05, 3.63) is 60.2 Å². The minimum absolute atomic E-state index is 0.517. The minimum Gasteiger partial charge on any atom is -0.383 e. The summed E-state index contributed by atoms with van der Waals surface area (Å²) in [5.41, 5.74) is 2.63. The Labute approximate surface area is 148 Å². The van der Waals surface area contributed by atoms with E-state index in [0.29, 0.717) is 12.6 Å². The van der Waals surface area contributed by atoms with Gasteiger partial charge in [0, 0.05) is 19.1 Å². The molecule has 2 atom stereocenters. The molecule has 1 N–H and O–H groups in total. The van der Waals surface area contributed by atoms with Crippen molar-refractivity contribution in [3.63, 3.8) is 0 Å². The number of guanidine groups is 1. The number of aliphatic hydroxyl groups is 1. The Morgan fingerprint density at radius 2 is 1.76 bits per heavy atom. The molecule has 0 aliphatic carbocycles. The van der Waals surface area contributed by atoms with Crippen LogP contribution in [0.5, 0.6) is 0 Å². The van der Waals surface area contributed by atoms with E-state index < -0.39 is 5.60 Å². The summed E-state index contributed by atoms with van der Waals surface area (Å²) < 4.78 is 0. The molecule has 4 heteroatoms. The fourth-order valence-corrected chi connectivity index (χ4v) is 4.48. The smallest absolute Gasteiger partial charge is 0.197 e. The maximum Gasteiger partial charge on any atom is 0.197 e. The molecule has 5 rings (SSSR count). The van der Waals surface area contributed by atoms with Crippen molar-refractivity contribution in [1.82, 2.24) is 9.80 Å². The average Bonchev–Trinajstić information content (AvgIpc) is 3.24. The molecule has 1 unspecified atom stereocenters. The van der Waals surface area contributed by atoms with Gasteiger partial charge in [-0.15, -0.1) is 0 Å². The van der Waals surface area contributed by atoms with Crippen LogP contribution in [0.2, 0.25) is 0 Å². The fourth-order valence-electron chi connectivity index (χ4n) is 4.48. The largest absolute Gasteiger partial charge is 0.383 e. The number of aliphatic imine (C=N–C) groups is 1. The number of piperidine rings is 1. The number of hydrogen-bond acceptors (Lipinski definition) is 4. The molecular weight excluding hydrogens is 310 g/mol. The van der Waals surface area contributed by atoms with Crippen molar-refractivity contribution in [1.29, 1.82) is 0 Å². The maximum absolute atomic E-state index is 11.4. The Balaban J connectivity index is 1.41. The molecule has 2 aromatic rings. The Morgan fingerprint density at radius 3 is 2.56 bits per heavy atom. The van der Waals surface area contributed by atoms with E-state index in [-0.39, 0.29) is 0 Å². The van der Waals surface area contributed by atoms with E-state index in [2.05, 4.69) is 63.3 Å². The lowest BCUT2D eigenvalue weighted by Gasteiger charge is -2.41. The standard InChI is InChI=1S/C21H23N3O/c25-21(11-10-19-14-23-13-12-22-20(23)24(19)15-21)18-8-6-17(7-9-18)16-4-2-1-3-5-16/h1-9,19,25H,10-15H2/t19?,21-/m1/s1. The van der Waals surface area contributed by atoms with Crippen LogP contribution in [0.3, 0.4) is 0 Å². The van der Waals surface area contributed by atoms with Crippen LogP contribution in [0.15, 0.2) is 59.6 Å². The van der Waals surface area contributed by atoms with Crippen LogP contribution in [-0.2, 0) is 5.60 Å². The molecular formula is C21H23N3O. The van der Waals surface area contributed by atoms with Gasteiger partial charge < -0.3 is 14.9 Å². The van der Waals surface area contributed by atoms with Gasteiger partial charge in [0.2, 0.25) is 0 Å². The van der Waals surface area contributed by atoms with Crippen LogP contribution in [0.25, 0.3) is 11.1 Å². The summed E-state index contributed by atoms with van der Waals surface area (Å²) in [7, 11) is 0. The molecule has 3 aliphatic rings. The van der Waals surface area contributed by atoms with Crippen LogP contribution >= 0.6 is 0 Å². The molecule has 25 heavy (non-hydrogen) atoms. The summed E-state index contributed by atoms with van der Waals surface area (Å²) in [4.78, 5) is 9.36. The summed E-state index contributed by atoms with van der Waals surface area (Å²) in [5.74, 6) is 1.10. The molecule has 0 amide bonds. The summed E-state index contributed by atoms with van der Waals surface area (Å²) in [6.45, 7) is 3.65. The number of benzene rings is 2. The van der Waals surface area contributed by atoms with Crippen LogP contribution in [0.1, 0.15) is 18.4 Å². The van der Waals surface area contributed by atoms with Gasteiger partial charge in [0.15, 0.2) is 5.96 Å². The zero-order valence-electron chi connectivity index (χ0n) is 14.3. The summed E-state index contributed by atoms with van der Waals surface area (Å²) in [5, 5.41) is 11.4. The average molecular weight is 333 g/mol. The van der Waals surface area contributed by atoms with E-state index in [1.807, 2.05) is 6.07 Å². The zero-order valence-corrected chi connectivity index (χ0v) is 14.3. The normalized spacial score (nSPS) is 27.9. The van der Waals surface area contributed by atoms with Crippen molar-refractivity contribution in [3.8, 4) is 11.1 Å². The highest BCUT2D eigenvalue weighted by Crippen LogP contribution is 2.38. The number of rotatable bonds is 2. The van der Waals surface area contributed by atoms with E-state index in [9.17, 15) is 5.11 Å². The first-order valence-corrected chi connectivity index (χ1v) is 9.17. The molecule has 0 bridgehead atoms. The molecule has 0 spiro atoms. The molecule has 3 heterocycles. The second kappa shape index (κ2) is 5.60. The van der Waals surface area contributed by atoms with Gasteiger partial charge in [-0.2, -0.15) is 0 Å². The van der Waals surface area contributed by atoms with Gasteiger partial charge in [0.05, 0.1) is 13.1 Å². The predicted molar refractivity (Wildman–Crippen MR) is 99.4 cm³/mol. The first-order chi connectivity index (χ1) is 12.2. The van der Waals surface area contributed by atoms with Gasteiger partial charge in [0.25, 0.3) is 0 Å². The molecule has 128 valence electrons. The third-order valence-electron chi connectivity index (χ3n) is 5.89. The first-order valence-electron chi connectivity index (χ1n) is 9.17. The number of hydrogen-bond donors (Lipinski definition) is 1. The maximum atomic E-state index is 11.4. The van der Waals surface area contributed by atoms with Crippen molar-refractivity contribution < 1.29 is 5.11 Å². The first kappa shape index (κ1) is 15.0. The van der Waals surface area contributed by atoms with Gasteiger partial charge in [-0.25, -0.2) is 0 Å². The molecule has 0 radical (unpaired) electrons.